The second-order valence-corrected chi connectivity index (χ2v) is 6.67. The maximum Gasteiger partial charge on any atom is 0.241 e. The van der Waals surface area contributed by atoms with Crippen LogP contribution in [0.2, 0.25) is 0 Å². The van der Waals surface area contributed by atoms with Crippen molar-refractivity contribution in [1.82, 2.24) is 4.72 Å². The summed E-state index contributed by atoms with van der Waals surface area (Å²) in [5.41, 5.74) is 0. The zero-order chi connectivity index (χ0) is 14.0. The average Bonchev–Trinajstić information content (AvgIpc) is 2.47. The third-order valence-corrected chi connectivity index (χ3v) is 5.16. The molecule has 1 heterocycles. The van der Waals surface area contributed by atoms with Gasteiger partial charge >= 0.3 is 0 Å². The van der Waals surface area contributed by atoms with Crippen molar-refractivity contribution in [2.24, 2.45) is 0 Å². The van der Waals surface area contributed by atoms with Gasteiger partial charge in [0, 0.05) is 24.6 Å². The maximum atomic E-state index is 12.6. The van der Waals surface area contributed by atoms with E-state index in [1.54, 1.807) is 12.1 Å². The Balaban J connectivity index is 1.96. The van der Waals surface area contributed by atoms with Crippen LogP contribution in [0.1, 0.15) is 12.8 Å². The Hall–Kier alpha value is -1.43. The fraction of sp³-hybridized carbons (Fsp3) is 0.333. The highest BCUT2D eigenvalue weighted by Crippen LogP contribution is 2.23. The summed E-state index contributed by atoms with van der Waals surface area (Å²) in [4.78, 5) is 0.349. The molecule has 20 heavy (non-hydrogen) atoms. The van der Waals surface area contributed by atoms with E-state index in [4.69, 9.17) is 4.74 Å². The summed E-state index contributed by atoms with van der Waals surface area (Å²) in [6, 6.07) is 12.8. The molecule has 4 nitrogen and oxygen atoms in total. The van der Waals surface area contributed by atoms with E-state index in [-0.39, 0.29) is 6.04 Å². The van der Waals surface area contributed by atoms with E-state index in [1.807, 2.05) is 30.3 Å². The minimum absolute atomic E-state index is 0.0345. The van der Waals surface area contributed by atoms with Gasteiger partial charge in [0.15, 0.2) is 0 Å². The van der Waals surface area contributed by atoms with Crippen molar-refractivity contribution in [3.8, 4) is 0 Å². The molecule has 3 rings (SSSR count). The monoisotopic (exact) mass is 291 g/mol. The molecule has 0 aliphatic carbocycles. The van der Waals surface area contributed by atoms with Gasteiger partial charge in [-0.15, -0.1) is 0 Å². The van der Waals surface area contributed by atoms with Crippen LogP contribution in [-0.2, 0) is 14.8 Å². The Morgan fingerprint density at radius 1 is 1.00 bits per heavy atom. The quantitative estimate of drug-likeness (QED) is 0.944. The van der Waals surface area contributed by atoms with E-state index in [0.717, 1.165) is 23.6 Å². The van der Waals surface area contributed by atoms with Gasteiger partial charge in [0.25, 0.3) is 0 Å². The lowest BCUT2D eigenvalue weighted by molar-refractivity contribution is 0.0832. The highest BCUT2D eigenvalue weighted by atomic mass is 32.2. The Morgan fingerprint density at radius 2 is 1.70 bits per heavy atom. The first-order valence-corrected chi connectivity index (χ1v) is 8.23. The lowest BCUT2D eigenvalue weighted by atomic mass is 10.1. The number of hydrogen-bond donors (Lipinski definition) is 1. The molecular formula is C15H17NO3S. The molecule has 0 bridgehead atoms. The fourth-order valence-electron chi connectivity index (χ4n) is 2.53. The zero-order valence-corrected chi connectivity index (χ0v) is 11.9. The first-order valence-electron chi connectivity index (χ1n) is 6.75. The first kappa shape index (κ1) is 13.5. The molecule has 1 saturated heterocycles. The van der Waals surface area contributed by atoms with Crippen LogP contribution in [-0.4, -0.2) is 27.7 Å². The number of fused-ring (bicyclic) bond motifs is 1. The molecule has 5 heteroatoms. The van der Waals surface area contributed by atoms with Crippen LogP contribution in [0.5, 0.6) is 0 Å². The van der Waals surface area contributed by atoms with E-state index in [2.05, 4.69) is 4.72 Å². The summed E-state index contributed by atoms with van der Waals surface area (Å²) < 4.78 is 33.2. The number of benzene rings is 2. The van der Waals surface area contributed by atoms with Crippen molar-refractivity contribution in [1.29, 1.82) is 0 Å². The van der Waals surface area contributed by atoms with Gasteiger partial charge in [0.1, 0.15) is 0 Å². The van der Waals surface area contributed by atoms with E-state index in [9.17, 15) is 8.42 Å². The molecule has 0 radical (unpaired) electrons. The Morgan fingerprint density at radius 3 is 2.50 bits per heavy atom. The van der Waals surface area contributed by atoms with Crippen molar-refractivity contribution in [3.05, 3.63) is 42.5 Å². The second-order valence-electron chi connectivity index (χ2n) is 4.99. The van der Waals surface area contributed by atoms with Crippen LogP contribution >= 0.6 is 0 Å². The topological polar surface area (TPSA) is 55.4 Å². The Labute approximate surface area is 118 Å². The van der Waals surface area contributed by atoms with Crippen molar-refractivity contribution >= 4 is 20.8 Å². The van der Waals surface area contributed by atoms with Crippen molar-refractivity contribution in [3.63, 3.8) is 0 Å². The number of rotatable bonds is 3. The smallest absolute Gasteiger partial charge is 0.241 e. The van der Waals surface area contributed by atoms with Gasteiger partial charge in [-0.1, -0.05) is 36.4 Å². The molecule has 1 aliphatic heterocycles. The van der Waals surface area contributed by atoms with Crippen molar-refractivity contribution in [2.75, 3.05) is 13.2 Å². The molecule has 2 aromatic carbocycles. The molecule has 106 valence electrons. The van der Waals surface area contributed by atoms with Gasteiger partial charge in [-0.05, 0) is 24.3 Å². The number of nitrogens with one attached hydrogen (secondary N) is 1. The van der Waals surface area contributed by atoms with Gasteiger partial charge in [0.2, 0.25) is 10.0 Å². The average molecular weight is 291 g/mol. The molecule has 1 fully saturated rings. The third kappa shape index (κ3) is 2.70. The van der Waals surface area contributed by atoms with Crippen LogP contribution in [0.25, 0.3) is 10.8 Å². The van der Waals surface area contributed by atoms with Crippen molar-refractivity contribution in [2.45, 2.75) is 23.8 Å². The largest absolute Gasteiger partial charge is 0.381 e. The molecule has 0 saturated carbocycles. The lowest BCUT2D eigenvalue weighted by Crippen LogP contribution is -2.38. The summed E-state index contributed by atoms with van der Waals surface area (Å²) >= 11 is 0. The molecular weight excluding hydrogens is 274 g/mol. The zero-order valence-electron chi connectivity index (χ0n) is 11.1. The first-order chi connectivity index (χ1) is 9.67. The van der Waals surface area contributed by atoms with E-state index >= 15 is 0 Å². The fourth-order valence-corrected chi connectivity index (χ4v) is 4.06. The summed E-state index contributed by atoms with van der Waals surface area (Å²) in [5, 5.41) is 1.69. The number of hydrogen-bond acceptors (Lipinski definition) is 3. The van der Waals surface area contributed by atoms with Crippen LogP contribution in [0.15, 0.2) is 47.4 Å². The van der Waals surface area contributed by atoms with Gasteiger partial charge in [0.05, 0.1) is 4.90 Å². The second kappa shape index (κ2) is 5.52. The van der Waals surface area contributed by atoms with Crippen LogP contribution in [0.4, 0.5) is 0 Å². The van der Waals surface area contributed by atoms with E-state index in [0.29, 0.717) is 18.1 Å². The lowest BCUT2D eigenvalue weighted by Gasteiger charge is -2.23. The summed E-state index contributed by atoms with van der Waals surface area (Å²) in [6.07, 6.45) is 1.45. The molecule has 1 aliphatic rings. The van der Waals surface area contributed by atoms with Crippen LogP contribution in [0, 0.1) is 0 Å². The highest BCUT2D eigenvalue weighted by molar-refractivity contribution is 7.89. The van der Waals surface area contributed by atoms with Crippen LogP contribution < -0.4 is 4.72 Å². The standard InChI is InChI=1S/C15H17NO3S/c17-20(18,16-13-8-10-19-11-9-13)15-7-3-5-12-4-1-2-6-14(12)15/h1-7,13,16H,8-11H2. The number of sulfonamides is 1. The van der Waals surface area contributed by atoms with Gasteiger partial charge < -0.3 is 4.74 Å². The third-order valence-electron chi connectivity index (χ3n) is 3.58. The van der Waals surface area contributed by atoms with Gasteiger partial charge in [-0.25, -0.2) is 13.1 Å². The Bertz CT molecular complexity index is 701. The maximum absolute atomic E-state index is 12.6. The summed E-state index contributed by atoms with van der Waals surface area (Å²) in [5.74, 6) is 0. The van der Waals surface area contributed by atoms with Crippen molar-refractivity contribution < 1.29 is 13.2 Å². The molecule has 0 atom stereocenters. The predicted octanol–water partition coefficient (Wildman–Crippen LogP) is 2.30. The number of ether oxygens (including phenoxy) is 1. The van der Waals surface area contributed by atoms with Crippen LogP contribution in [0.3, 0.4) is 0 Å². The molecule has 1 N–H and O–H groups in total. The predicted molar refractivity (Wildman–Crippen MR) is 78.1 cm³/mol. The molecule has 0 amide bonds. The van der Waals surface area contributed by atoms with E-state index in [1.165, 1.54) is 0 Å². The molecule has 0 spiro atoms. The normalized spacial score (nSPS) is 17.4. The summed E-state index contributed by atoms with van der Waals surface area (Å²) in [7, 11) is -3.49. The van der Waals surface area contributed by atoms with Gasteiger partial charge in [-0.2, -0.15) is 0 Å². The molecule has 0 aromatic heterocycles. The molecule has 2 aromatic rings. The minimum atomic E-state index is -3.49. The van der Waals surface area contributed by atoms with Gasteiger partial charge in [-0.3, -0.25) is 0 Å². The van der Waals surface area contributed by atoms with E-state index < -0.39 is 10.0 Å². The SMILES string of the molecule is O=S(=O)(NC1CCOCC1)c1cccc2ccccc12. The molecule has 0 unspecified atom stereocenters. The Kier molecular flexibility index (Phi) is 3.74. The minimum Gasteiger partial charge on any atom is -0.381 e. The highest BCUT2D eigenvalue weighted by Gasteiger charge is 2.23. The summed E-state index contributed by atoms with van der Waals surface area (Å²) in [6.45, 7) is 1.23.